The topological polar surface area (TPSA) is 75.7 Å². The molecule has 0 radical (unpaired) electrons. The third-order valence-electron chi connectivity index (χ3n) is 2.22. The van der Waals surface area contributed by atoms with Gasteiger partial charge in [-0.15, -0.1) is 0 Å². The molecular formula is C12H18N2O4. The fourth-order valence-corrected chi connectivity index (χ4v) is 1.48. The Kier molecular flexibility index (Phi) is 4.11. The van der Waals surface area contributed by atoms with E-state index in [-0.39, 0.29) is 18.4 Å². The fourth-order valence-electron chi connectivity index (χ4n) is 1.48. The van der Waals surface area contributed by atoms with Crippen LogP contribution in [0.1, 0.15) is 27.7 Å². The summed E-state index contributed by atoms with van der Waals surface area (Å²) >= 11 is 0. The summed E-state index contributed by atoms with van der Waals surface area (Å²) in [6, 6.07) is -0.410. The van der Waals surface area contributed by atoms with Gasteiger partial charge in [0.2, 0.25) is 0 Å². The molecule has 0 spiro atoms. The molecule has 0 aromatic heterocycles. The summed E-state index contributed by atoms with van der Waals surface area (Å²) in [6.45, 7) is 7.11. The number of amides is 3. The second-order valence-electron chi connectivity index (χ2n) is 5.11. The number of imide groups is 1. The molecular weight excluding hydrogens is 236 g/mol. The van der Waals surface area contributed by atoms with Crippen LogP contribution in [0.25, 0.3) is 0 Å². The number of carbonyl (C=O) groups is 3. The van der Waals surface area contributed by atoms with Gasteiger partial charge in [0.05, 0.1) is 6.04 Å². The molecule has 3 amide bonds. The van der Waals surface area contributed by atoms with E-state index in [1.54, 1.807) is 27.7 Å². The Balaban J connectivity index is 2.42. The predicted octanol–water partition coefficient (Wildman–Crippen LogP) is 0.825. The molecule has 1 aliphatic rings. The predicted molar refractivity (Wildman–Crippen MR) is 64.7 cm³/mol. The number of hydrogen-bond donors (Lipinski definition) is 1. The van der Waals surface area contributed by atoms with Crippen molar-refractivity contribution in [3.63, 3.8) is 0 Å². The van der Waals surface area contributed by atoms with Crippen molar-refractivity contribution in [1.29, 1.82) is 0 Å². The van der Waals surface area contributed by atoms with Crippen molar-refractivity contribution in [3.8, 4) is 0 Å². The Morgan fingerprint density at radius 1 is 1.33 bits per heavy atom. The van der Waals surface area contributed by atoms with E-state index in [2.05, 4.69) is 5.32 Å². The molecule has 6 heteroatoms. The van der Waals surface area contributed by atoms with E-state index < -0.39 is 17.7 Å². The van der Waals surface area contributed by atoms with Gasteiger partial charge in [-0.1, -0.05) is 0 Å². The minimum absolute atomic E-state index is 0.161. The highest BCUT2D eigenvalue weighted by molar-refractivity contribution is 6.13. The molecule has 0 saturated carbocycles. The van der Waals surface area contributed by atoms with Crippen LogP contribution in [0, 0.1) is 0 Å². The second-order valence-corrected chi connectivity index (χ2v) is 5.11. The van der Waals surface area contributed by atoms with Gasteiger partial charge in [-0.05, 0) is 27.7 Å². The van der Waals surface area contributed by atoms with E-state index in [4.69, 9.17) is 4.74 Å². The van der Waals surface area contributed by atoms with E-state index in [9.17, 15) is 14.4 Å². The van der Waals surface area contributed by atoms with E-state index >= 15 is 0 Å². The highest BCUT2D eigenvalue weighted by Crippen LogP contribution is 2.09. The third-order valence-corrected chi connectivity index (χ3v) is 2.22. The van der Waals surface area contributed by atoms with Gasteiger partial charge in [0.1, 0.15) is 5.60 Å². The molecule has 1 N–H and O–H groups in total. The van der Waals surface area contributed by atoms with Gasteiger partial charge in [0.15, 0.2) is 0 Å². The molecule has 0 aromatic rings. The summed E-state index contributed by atoms with van der Waals surface area (Å²) in [7, 11) is 0. The lowest BCUT2D eigenvalue weighted by Crippen LogP contribution is -2.46. The number of alkyl carbamates (subject to hydrolysis) is 1. The van der Waals surface area contributed by atoms with E-state index in [0.29, 0.717) is 0 Å². The molecule has 0 saturated heterocycles. The minimum atomic E-state index is -0.575. The molecule has 18 heavy (non-hydrogen) atoms. The second kappa shape index (κ2) is 5.20. The van der Waals surface area contributed by atoms with Crippen molar-refractivity contribution in [2.45, 2.75) is 39.3 Å². The van der Waals surface area contributed by atoms with Crippen molar-refractivity contribution in [2.24, 2.45) is 0 Å². The molecule has 0 bridgehead atoms. The smallest absolute Gasteiger partial charge is 0.407 e. The molecule has 0 fully saturated rings. The lowest BCUT2D eigenvalue weighted by molar-refractivity contribution is -0.139. The zero-order valence-electron chi connectivity index (χ0n) is 11.0. The SMILES string of the molecule is CC(CNC(=O)OC(C)(C)C)N1C(=O)C=CC1=O. The van der Waals surface area contributed by atoms with Crippen LogP contribution in [0.4, 0.5) is 4.79 Å². The van der Waals surface area contributed by atoms with Crippen molar-refractivity contribution in [3.05, 3.63) is 12.2 Å². The maximum absolute atomic E-state index is 11.4. The molecule has 6 nitrogen and oxygen atoms in total. The molecule has 1 aliphatic heterocycles. The zero-order valence-corrected chi connectivity index (χ0v) is 11.0. The van der Waals surface area contributed by atoms with Crippen LogP contribution in [0.5, 0.6) is 0 Å². The first-order valence-electron chi connectivity index (χ1n) is 5.73. The Bertz CT molecular complexity index is 377. The molecule has 0 aromatic carbocycles. The normalized spacial score (nSPS) is 17.0. The molecule has 0 aliphatic carbocycles. The highest BCUT2D eigenvalue weighted by atomic mass is 16.6. The standard InChI is InChI=1S/C12H18N2O4/c1-8(14-9(15)5-6-10(14)16)7-13-11(17)18-12(2,3)4/h5-6,8H,7H2,1-4H3,(H,13,17). The lowest BCUT2D eigenvalue weighted by atomic mass is 10.2. The Morgan fingerprint density at radius 2 is 1.83 bits per heavy atom. The van der Waals surface area contributed by atoms with Crippen molar-refractivity contribution < 1.29 is 19.1 Å². The van der Waals surface area contributed by atoms with Crippen molar-refractivity contribution in [2.75, 3.05) is 6.54 Å². The number of hydrogen-bond acceptors (Lipinski definition) is 4. The van der Waals surface area contributed by atoms with Crippen LogP contribution >= 0.6 is 0 Å². The summed E-state index contributed by atoms with van der Waals surface area (Å²) in [5.74, 6) is -0.725. The Hall–Kier alpha value is -1.85. The molecule has 1 rings (SSSR count). The van der Waals surface area contributed by atoms with Crippen molar-refractivity contribution >= 4 is 17.9 Å². The van der Waals surface area contributed by atoms with Gasteiger partial charge in [-0.25, -0.2) is 4.79 Å². The van der Waals surface area contributed by atoms with Gasteiger partial charge in [-0.3, -0.25) is 14.5 Å². The maximum atomic E-state index is 11.4. The molecule has 1 atom stereocenters. The molecule has 100 valence electrons. The quantitative estimate of drug-likeness (QED) is 0.757. The maximum Gasteiger partial charge on any atom is 0.407 e. The number of ether oxygens (including phenoxy) is 1. The first kappa shape index (κ1) is 14.2. The highest BCUT2D eigenvalue weighted by Gasteiger charge is 2.28. The van der Waals surface area contributed by atoms with Crippen LogP contribution in [0.15, 0.2) is 12.2 Å². The average Bonchev–Trinajstić information content (AvgIpc) is 2.53. The fraction of sp³-hybridized carbons (Fsp3) is 0.583. The summed E-state index contributed by atoms with van der Waals surface area (Å²) < 4.78 is 5.05. The largest absolute Gasteiger partial charge is 0.444 e. The number of carbonyl (C=O) groups excluding carboxylic acids is 3. The first-order valence-corrected chi connectivity index (χ1v) is 5.73. The summed E-state index contributed by atoms with van der Waals surface area (Å²) in [5, 5.41) is 2.52. The van der Waals surface area contributed by atoms with Crippen LogP contribution in [-0.4, -0.2) is 41.0 Å². The summed E-state index contributed by atoms with van der Waals surface area (Å²) in [6.07, 6.45) is 1.86. The summed E-state index contributed by atoms with van der Waals surface area (Å²) in [4.78, 5) is 35.2. The Labute approximate surface area is 106 Å². The van der Waals surface area contributed by atoms with E-state index in [1.807, 2.05) is 0 Å². The third kappa shape index (κ3) is 3.87. The van der Waals surface area contributed by atoms with E-state index in [1.165, 1.54) is 12.2 Å². The zero-order chi connectivity index (χ0) is 13.9. The van der Waals surface area contributed by atoms with Crippen LogP contribution < -0.4 is 5.32 Å². The number of nitrogens with one attached hydrogen (secondary N) is 1. The van der Waals surface area contributed by atoms with Gasteiger partial charge >= 0.3 is 6.09 Å². The van der Waals surface area contributed by atoms with Gasteiger partial charge in [0, 0.05) is 18.7 Å². The van der Waals surface area contributed by atoms with Crippen LogP contribution in [0.3, 0.4) is 0 Å². The molecule has 1 unspecified atom stereocenters. The number of nitrogens with zero attached hydrogens (tertiary/aromatic N) is 1. The van der Waals surface area contributed by atoms with Crippen LogP contribution in [0.2, 0.25) is 0 Å². The minimum Gasteiger partial charge on any atom is -0.444 e. The van der Waals surface area contributed by atoms with Gasteiger partial charge < -0.3 is 10.1 Å². The monoisotopic (exact) mass is 254 g/mol. The van der Waals surface area contributed by atoms with E-state index in [0.717, 1.165) is 4.90 Å². The number of rotatable bonds is 3. The van der Waals surface area contributed by atoms with Gasteiger partial charge in [0.25, 0.3) is 11.8 Å². The molecule has 1 heterocycles. The lowest BCUT2D eigenvalue weighted by Gasteiger charge is -2.24. The first-order chi connectivity index (χ1) is 8.20. The van der Waals surface area contributed by atoms with Gasteiger partial charge in [-0.2, -0.15) is 0 Å². The van der Waals surface area contributed by atoms with Crippen molar-refractivity contribution in [1.82, 2.24) is 10.2 Å². The Morgan fingerprint density at radius 3 is 2.28 bits per heavy atom. The summed E-state index contributed by atoms with van der Waals surface area (Å²) in [5.41, 5.74) is -0.575. The van der Waals surface area contributed by atoms with Crippen LogP contribution in [-0.2, 0) is 14.3 Å². The average molecular weight is 254 g/mol.